The zero-order valence-corrected chi connectivity index (χ0v) is 12.0. The van der Waals surface area contributed by atoms with Gasteiger partial charge in [-0.25, -0.2) is 4.98 Å². The molecule has 0 bridgehead atoms. The molecule has 0 saturated heterocycles. The molecule has 0 aliphatic rings. The van der Waals surface area contributed by atoms with Crippen LogP contribution in [0, 0.1) is 25.2 Å². The summed E-state index contributed by atoms with van der Waals surface area (Å²) in [5.41, 5.74) is 4.08. The first kappa shape index (κ1) is 12.2. The highest BCUT2D eigenvalue weighted by molar-refractivity contribution is 7.14. The van der Waals surface area contributed by atoms with Crippen molar-refractivity contribution in [1.29, 1.82) is 5.26 Å². The first-order valence-corrected chi connectivity index (χ1v) is 7.00. The Morgan fingerprint density at radius 2 is 2.21 bits per heavy atom. The summed E-state index contributed by atoms with van der Waals surface area (Å²) in [5, 5.41) is 12.0. The number of aromatic nitrogens is 2. The Bertz CT molecular complexity index is 823. The lowest BCUT2D eigenvalue weighted by molar-refractivity contribution is 1.03. The largest absolute Gasteiger partial charge is 0.304 e. The molecule has 0 fully saturated rings. The first-order chi connectivity index (χ1) is 9.11. The molecule has 3 aromatic heterocycles. The molecule has 3 rings (SSSR count). The van der Waals surface area contributed by atoms with Gasteiger partial charge in [-0.1, -0.05) is 11.6 Å². The highest BCUT2D eigenvalue weighted by atomic mass is 35.5. The van der Waals surface area contributed by atoms with E-state index >= 15 is 0 Å². The minimum Gasteiger partial charge on any atom is -0.304 e. The Kier molecular flexibility index (Phi) is 2.81. The molecule has 94 valence electrons. The van der Waals surface area contributed by atoms with Gasteiger partial charge in [0.05, 0.1) is 9.90 Å². The van der Waals surface area contributed by atoms with Crippen molar-refractivity contribution in [2.45, 2.75) is 13.8 Å². The number of thiophene rings is 1. The van der Waals surface area contributed by atoms with E-state index < -0.39 is 0 Å². The predicted octanol–water partition coefficient (Wildman–Crippen LogP) is 4.20. The molecular formula is C14H10ClN3S. The van der Waals surface area contributed by atoms with Crippen molar-refractivity contribution in [3.05, 3.63) is 45.7 Å². The summed E-state index contributed by atoms with van der Waals surface area (Å²) in [4.78, 5) is 5.39. The maximum Gasteiger partial charge on any atom is 0.155 e. The summed E-state index contributed by atoms with van der Waals surface area (Å²) in [5.74, 6) is 0. The standard InChI is InChI=1S/C14H10ClN3S/c1-8-5-9(2)18-7-11(10(6-16)14(18)17-8)13-12(15)3-4-19-13/h3-5,7H,1-2H3. The minimum atomic E-state index is 0.580. The van der Waals surface area contributed by atoms with Gasteiger partial charge in [0, 0.05) is 23.1 Å². The van der Waals surface area contributed by atoms with Crippen LogP contribution in [0.4, 0.5) is 0 Å². The summed E-state index contributed by atoms with van der Waals surface area (Å²) < 4.78 is 1.94. The van der Waals surface area contributed by atoms with Crippen LogP contribution in [0.1, 0.15) is 17.0 Å². The fraction of sp³-hybridized carbons (Fsp3) is 0.143. The molecule has 19 heavy (non-hydrogen) atoms. The zero-order valence-electron chi connectivity index (χ0n) is 10.4. The number of nitriles is 1. The third-order valence-electron chi connectivity index (χ3n) is 3.03. The maximum absolute atomic E-state index is 9.44. The van der Waals surface area contributed by atoms with Crippen molar-refractivity contribution in [3.63, 3.8) is 0 Å². The number of halogens is 1. The molecule has 0 radical (unpaired) electrons. The predicted molar refractivity (Wildman–Crippen MR) is 77.7 cm³/mol. The summed E-state index contributed by atoms with van der Waals surface area (Å²) in [6, 6.07) is 6.09. The second-order valence-electron chi connectivity index (χ2n) is 4.36. The van der Waals surface area contributed by atoms with Crippen LogP contribution < -0.4 is 0 Å². The Labute approximate surface area is 119 Å². The Morgan fingerprint density at radius 1 is 1.42 bits per heavy atom. The van der Waals surface area contributed by atoms with Crippen LogP contribution in [0.15, 0.2) is 23.7 Å². The normalized spacial score (nSPS) is 10.8. The lowest BCUT2D eigenvalue weighted by Gasteiger charge is -2.01. The van der Waals surface area contributed by atoms with E-state index in [0.717, 1.165) is 21.8 Å². The molecule has 0 atom stereocenters. The van der Waals surface area contributed by atoms with E-state index in [-0.39, 0.29) is 0 Å². The van der Waals surface area contributed by atoms with Crippen molar-refractivity contribution in [2.24, 2.45) is 0 Å². The van der Waals surface area contributed by atoms with Gasteiger partial charge in [-0.3, -0.25) is 0 Å². The van der Waals surface area contributed by atoms with Crippen LogP contribution in [-0.4, -0.2) is 9.38 Å². The molecule has 3 nitrogen and oxygen atoms in total. The molecule has 0 aliphatic carbocycles. The lowest BCUT2D eigenvalue weighted by Crippen LogP contribution is -1.94. The van der Waals surface area contributed by atoms with Gasteiger partial charge < -0.3 is 4.40 Å². The van der Waals surface area contributed by atoms with Gasteiger partial charge >= 0.3 is 0 Å². The highest BCUT2D eigenvalue weighted by Crippen LogP contribution is 2.37. The molecule has 0 aliphatic heterocycles. The molecular weight excluding hydrogens is 278 g/mol. The average molecular weight is 288 g/mol. The van der Waals surface area contributed by atoms with E-state index in [1.165, 1.54) is 11.3 Å². The molecule has 0 spiro atoms. The summed E-state index contributed by atoms with van der Waals surface area (Å²) >= 11 is 7.71. The second kappa shape index (κ2) is 4.37. The van der Waals surface area contributed by atoms with E-state index in [1.807, 2.05) is 42.0 Å². The van der Waals surface area contributed by atoms with Crippen LogP contribution in [0.5, 0.6) is 0 Å². The third-order valence-corrected chi connectivity index (χ3v) is 4.41. The van der Waals surface area contributed by atoms with Crippen LogP contribution in [0.2, 0.25) is 5.02 Å². The number of hydrogen-bond donors (Lipinski definition) is 0. The molecule has 3 aromatic rings. The van der Waals surface area contributed by atoms with Crippen molar-refractivity contribution in [1.82, 2.24) is 9.38 Å². The average Bonchev–Trinajstić information content (AvgIpc) is 2.92. The smallest absolute Gasteiger partial charge is 0.155 e. The number of aryl methyl sites for hydroxylation is 2. The van der Waals surface area contributed by atoms with Gasteiger partial charge in [0.15, 0.2) is 5.65 Å². The van der Waals surface area contributed by atoms with E-state index in [0.29, 0.717) is 16.2 Å². The number of rotatable bonds is 1. The topological polar surface area (TPSA) is 41.1 Å². The van der Waals surface area contributed by atoms with Crippen molar-refractivity contribution in [2.75, 3.05) is 0 Å². The van der Waals surface area contributed by atoms with Gasteiger partial charge in [-0.05, 0) is 31.4 Å². The molecule has 0 aromatic carbocycles. The Hall–Kier alpha value is -1.83. The summed E-state index contributed by atoms with van der Waals surface area (Å²) in [6.45, 7) is 3.93. The van der Waals surface area contributed by atoms with Gasteiger partial charge in [-0.2, -0.15) is 5.26 Å². The monoisotopic (exact) mass is 287 g/mol. The van der Waals surface area contributed by atoms with Gasteiger partial charge in [-0.15, -0.1) is 11.3 Å². The maximum atomic E-state index is 9.44. The molecule has 0 saturated carbocycles. The number of fused-ring (bicyclic) bond motifs is 1. The fourth-order valence-corrected chi connectivity index (χ4v) is 3.39. The van der Waals surface area contributed by atoms with E-state index in [9.17, 15) is 5.26 Å². The first-order valence-electron chi connectivity index (χ1n) is 5.74. The van der Waals surface area contributed by atoms with Crippen molar-refractivity contribution in [3.8, 4) is 16.5 Å². The van der Waals surface area contributed by atoms with Crippen molar-refractivity contribution < 1.29 is 0 Å². The SMILES string of the molecule is Cc1cc(C)n2cc(-c3sccc3Cl)c(C#N)c2n1. The molecule has 3 heterocycles. The van der Waals surface area contributed by atoms with Gasteiger partial charge in [0.1, 0.15) is 11.6 Å². The highest BCUT2D eigenvalue weighted by Gasteiger charge is 2.17. The third kappa shape index (κ3) is 1.83. The van der Waals surface area contributed by atoms with Gasteiger partial charge in [0.2, 0.25) is 0 Å². The van der Waals surface area contributed by atoms with Crippen LogP contribution >= 0.6 is 22.9 Å². The fourth-order valence-electron chi connectivity index (χ4n) is 2.21. The van der Waals surface area contributed by atoms with Crippen molar-refractivity contribution >= 4 is 28.6 Å². The Balaban J connectivity index is 2.42. The van der Waals surface area contributed by atoms with Crippen LogP contribution in [-0.2, 0) is 0 Å². The number of nitrogens with zero attached hydrogens (tertiary/aromatic N) is 3. The van der Waals surface area contributed by atoms with E-state index in [4.69, 9.17) is 11.6 Å². The quantitative estimate of drug-likeness (QED) is 0.673. The second-order valence-corrected chi connectivity index (χ2v) is 5.68. The Morgan fingerprint density at radius 3 is 2.84 bits per heavy atom. The van der Waals surface area contributed by atoms with Crippen LogP contribution in [0.25, 0.3) is 16.1 Å². The summed E-state index contributed by atoms with van der Waals surface area (Å²) in [6.07, 6.45) is 1.94. The van der Waals surface area contributed by atoms with Crippen LogP contribution in [0.3, 0.4) is 0 Å². The van der Waals surface area contributed by atoms with E-state index in [1.54, 1.807) is 0 Å². The number of hydrogen-bond acceptors (Lipinski definition) is 3. The zero-order chi connectivity index (χ0) is 13.6. The molecule has 0 amide bonds. The minimum absolute atomic E-state index is 0.580. The summed E-state index contributed by atoms with van der Waals surface area (Å²) in [7, 11) is 0. The molecule has 0 unspecified atom stereocenters. The molecule has 0 N–H and O–H groups in total. The van der Waals surface area contributed by atoms with Gasteiger partial charge in [0.25, 0.3) is 0 Å². The van der Waals surface area contributed by atoms with E-state index in [2.05, 4.69) is 11.1 Å². The lowest BCUT2D eigenvalue weighted by atomic mass is 10.2. The molecule has 5 heteroatoms.